The van der Waals surface area contributed by atoms with Gasteiger partial charge in [-0.1, -0.05) is 0 Å². The Hall–Kier alpha value is -0.940. The lowest BCUT2D eigenvalue weighted by Gasteiger charge is -2.10. The van der Waals surface area contributed by atoms with E-state index in [0.717, 1.165) is 15.6 Å². The van der Waals surface area contributed by atoms with Gasteiger partial charge in [0, 0.05) is 12.6 Å². The second-order valence-electron chi connectivity index (χ2n) is 3.55. The summed E-state index contributed by atoms with van der Waals surface area (Å²) in [5.41, 5.74) is 0.812. The summed E-state index contributed by atoms with van der Waals surface area (Å²) in [6.07, 6.45) is 0. The maximum Gasteiger partial charge on any atom is 0.263 e. The van der Waals surface area contributed by atoms with E-state index in [0.29, 0.717) is 6.54 Å². The highest BCUT2D eigenvalue weighted by Crippen LogP contribution is 2.16. The molecule has 0 saturated heterocycles. The number of carbonyl (C=O) groups excluding carboxylic acids is 1. The molecule has 1 amide bonds. The number of nitrogens with one attached hydrogen (secondary N) is 2. The number of likely N-dealkylation sites (N-methyl/N-ethyl adjacent to an activating group) is 1. The Balaban J connectivity index is 2.58. The Morgan fingerprint density at radius 2 is 2.20 bits per heavy atom. The normalized spacial score (nSPS) is 12.5. The van der Waals surface area contributed by atoms with Crippen LogP contribution in [0.15, 0.2) is 0 Å². The van der Waals surface area contributed by atoms with Crippen molar-refractivity contribution in [1.29, 1.82) is 0 Å². The van der Waals surface area contributed by atoms with Crippen LogP contribution in [0.3, 0.4) is 0 Å². The van der Waals surface area contributed by atoms with Gasteiger partial charge in [-0.15, -0.1) is 11.3 Å². The topological polar surface area (TPSA) is 54.0 Å². The van der Waals surface area contributed by atoms with E-state index in [2.05, 4.69) is 15.6 Å². The second-order valence-corrected chi connectivity index (χ2v) is 4.75. The highest BCUT2D eigenvalue weighted by Gasteiger charge is 2.13. The van der Waals surface area contributed by atoms with Gasteiger partial charge < -0.3 is 10.6 Å². The predicted octanol–water partition coefficient (Wildman–Crippen LogP) is 1.10. The van der Waals surface area contributed by atoms with Gasteiger partial charge in [-0.05, 0) is 27.8 Å². The Labute approximate surface area is 94.1 Å². The fraction of sp³-hybridized carbons (Fsp3) is 0.600. The molecule has 0 bridgehead atoms. The largest absolute Gasteiger partial charge is 0.350 e. The number of amides is 1. The minimum absolute atomic E-state index is 0.0276. The summed E-state index contributed by atoms with van der Waals surface area (Å²) in [5, 5.41) is 6.87. The fourth-order valence-electron chi connectivity index (χ4n) is 1.17. The molecule has 1 aromatic heterocycles. The van der Waals surface area contributed by atoms with Crippen molar-refractivity contribution in [2.45, 2.75) is 26.8 Å². The van der Waals surface area contributed by atoms with Crippen molar-refractivity contribution < 1.29 is 4.79 Å². The van der Waals surface area contributed by atoms with Crippen molar-refractivity contribution in [1.82, 2.24) is 15.6 Å². The minimum atomic E-state index is -0.0276. The zero-order valence-electron chi connectivity index (χ0n) is 9.55. The van der Waals surface area contributed by atoms with Crippen LogP contribution < -0.4 is 10.6 Å². The number of carbonyl (C=O) groups is 1. The van der Waals surface area contributed by atoms with Gasteiger partial charge in [0.1, 0.15) is 4.88 Å². The van der Waals surface area contributed by atoms with Gasteiger partial charge in [0.2, 0.25) is 0 Å². The Kier molecular flexibility index (Phi) is 4.23. The van der Waals surface area contributed by atoms with E-state index in [1.807, 2.05) is 27.8 Å². The molecule has 84 valence electrons. The Bertz CT molecular complexity index is 348. The average Bonchev–Trinajstić information content (AvgIpc) is 2.53. The second kappa shape index (κ2) is 5.23. The Morgan fingerprint density at radius 1 is 1.53 bits per heavy atom. The molecule has 1 rings (SSSR count). The summed E-state index contributed by atoms with van der Waals surface area (Å²) in [6.45, 7) is 6.42. The van der Waals surface area contributed by atoms with E-state index in [1.165, 1.54) is 11.3 Å². The lowest BCUT2D eigenvalue weighted by Crippen LogP contribution is -2.37. The molecular weight excluding hydrogens is 210 g/mol. The molecule has 5 heteroatoms. The fourth-order valence-corrected chi connectivity index (χ4v) is 2.01. The van der Waals surface area contributed by atoms with E-state index in [4.69, 9.17) is 0 Å². The first-order chi connectivity index (χ1) is 7.04. The van der Waals surface area contributed by atoms with Crippen LogP contribution in [0.25, 0.3) is 0 Å². The molecule has 1 heterocycles. The van der Waals surface area contributed by atoms with Crippen LogP contribution in [0, 0.1) is 13.8 Å². The summed E-state index contributed by atoms with van der Waals surface area (Å²) in [4.78, 5) is 16.7. The monoisotopic (exact) mass is 227 g/mol. The van der Waals surface area contributed by atoms with Crippen LogP contribution in [0.4, 0.5) is 0 Å². The van der Waals surface area contributed by atoms with Crippen molar-refractivity contribution >= 4 is 17.2 Å². The third-order valence-corrected chi connectivity index (χ3v) is 3.24. The first kappa shape index (κ1) is 12.1. The maximum absolute atomic E-state index is 11.7. The van der Waals surface area contributed by atoms with Gasteiger partial charge in [-0.3, -0.25) is 4.79 Å². The van der Waals surface area contributed by atoms with E-state index in [-0.39, 0.29) is 11.9 Å². The molecule has 1 unspecified atom stereocenters. The van der Waals surface area contributed by atoms with Crippen LogP contribution in [-0.2, 0) is 0 Å². The molecule has 0 radical (unpaired) electrons. The van der Waals surface area contributed by atoms with Crippen LogP contribution in [0.5, 0.6) is 0 Å². The molecular formula is C10H17N3OS. The summed E-state index contributed by atoms with van der Waals surface area (Å²) < 4.78 is 0. The molecule has 0 aliphatic carbocycles. The van der Waals surface area contributed by atoms with E-state index < -0.39 is 0 Å². The predicted molar refractivity (Wildman–Crippen MR) is 62.4 cm³/mol. The van der Waals surface area contributed by atoms with E-state index >= 15 is 0 Å². The number of aromatic nitrogens is 1. The van der Waals surface area contributed by atoms with Gasteiger partial charge in [0.05, 0.1) is 10.7 Å². The maximum atomic E-state index is 11.7. The van der Waals surface area contributed by atoms with Crippen molar-refractivity contribution in [3.05, 3.63) is 15.6 Å². The SMILES string of the molecule is CNC(C)CNC(=O)c1sc(C)nc1C. The minimum Gasteiger partial charge on any atom is -0.350 e. The summed E-state index contributed by atoms with van der Waals surface area (Å²) in [6, 6.07) is 0.281. The summed E-state index contributed by atoms with van der Waals surface area (Å²) >= 11 is 1.44. The first-order valence-electron chi connectivity index (χ1n) is 4.94. The number of hydrogen-bond acceptors (Lipinski definition) is 4. The van der Waals surface area contributed by atoms with E-state index in [9.17, 15) is 4.79 Å². The third-order valence-electron chi connectivity index (χ3n) is 2.17. The van der Waals surface area contributed by atoms with Crippen molar-refractivity contribution in [2.75, 3.05) is 13.6 Å². The van der Waals surface area contributed by atoms with Gasteiger partial charge >= 0.3 is 0 Å². The van der Waals surface area contributed by atoms with Crippen LogP contribution in [0.1, 0.15) is 27.3 Å². The van der Waals surface area contributed by atoms with Crippen molar-refractivity contribution in [2.24, 2.45) is 0 Å². The molecule has 0 aliphatic heterocycles. The molecule has 0 aromatic carbocycles. The molecule has 4 nitrogen and oxygen atoms in total. The van der Waals surface area contributed by atoms with Gasteiger partial charge in [0.15, 0.2) is 0 Å². The number of rotatable bonds is 4. The average molecular weight is 227 g/mol. The van der Waals surface area contributed by atoms with Gasteiger partial charge in [-0.2, -0.15) is 0 Å². The van der Waals surface area contributed by atoms with Crippen molar-refractivity contribution in [3.8, 4) is 0 Å². The van der Waals surface area contributed by atoms with Gasteiger partial charge in [-0.25, -0.2) is 4.98 Å². The molecule has 0 fully saturated rings. The number of hydrogen-bond donors (Lipinski definition) is 2. The lowest BCUT2D eigenvalue weighted by atomic mass is 10.3. The van der Waals surface area contributed by atoms with Crippen LogP contribution in [-0.4, -0.2) is 30.5 Å². The van der Waals surface area contributed by atoms with Gasteiger partial charge in [0.25, 0.3) is 5.91 Å². The van der Waals surface area contributed by atoms with Crippen LogP contribution in [0.2, 0.25) is 0 Å². The summed E-state index contributed by atoms with van der Waals surface area (Å²) in [7, 11) is 1.87. The third kappa shape index (κ3) is 3.28. The van der Waals surface area contributed by atoms with E-state index in [1.54, 1.807) is 0 Å². The van der Waals surface area contributed by atoms with Crippen molar-refractivity contribution in [3.63, 3.8) is 0 Å². The molecule has 1 atom stereocenters. The first-order valence-corrected chi connectivity index (χ1v) is 5.75. The zero-order chi connectivity index (χ0) is 11.4. The zero-order valence-corrected chi connectivity index (χ0v) is 10.4. The molecule has 1 aromatic rings. The highest BCUT2D eigenvalue weighted by atomic mass is 32.1. The molecule has 0 saturated carbocycles. The molecule has 15 heavy (non-hydrogen) atoms. The Morgan fingerprint density at radius 3 is 2.67 bits per heavy atom. The van der Waals surface area contributed by atoms with Crippen LogP contribution >= 0.6 is 11.3 Å². The standard InChI is InChI=1S/C10H17N3OS/c1-6(11-4)5-12-10(14)9-7(2)13-8(3)15-9/h6,11H,5H2,1-4H3,(H,12,14). The lowest BCUT2D eigenvalue weighted by molar-refractivity contribution is 0.0954. The molecule has 2 N–H and O–H groups in total. The number of nitrogens with zero attached hydrogens (tertiary/aromatic N) is 1. The summed E-state index contributed by atoms with van der Waals surface area (Å²) in [5.74, 6) is -0.0276. The smallest absolute Gasteiger partial charge is 0.263 e. The quantitative estimate of drug-likeness (QED) is 0.810. The highest BCUT2D eigenvalue weighted by molar-refractivity contribution is 7.13. The molecule has 0 spiro atoms. The molecule has 0 aliphatic rings. The number of aryl methyl sites for hydroxylation is 2. The number of thiazole rings is 1.